The van der Waals surface area contributed by atoms with Crippen molar-refractivity contribution in [2.45, 2.75) is 51.9 Å². The average Bonchev–Trinajstić information content (AvgIpc) is 3.49. The lowest BCUT2D eigenvalue weighted by atomic mass is 9.99. The zero-order valence-corrected chi connectivity index (χ0v) is 23.0. The molecule has 0 bridgehead atoms. The second-order valence-corrected chi connectivity index (χ2v) is 10.9. The molecule has 5 aromatic rings. The van der Waals surface area contributed by atoms with E-state index in [1.807, 2.05) is 37.4 Å². The van der Waals surface area contributed by atoms with E-state index in [-0.39, 0.29) is 22.0 Å². The molecule has 204 valence electrons. The van der Waals surface area contributed by atoms with Gasteiger partial charge in [-0.2, -0.15) is 5.10 Å². The zero-order chi connectivity index (χ0) is 28.3. The van der Waals surface area contributed by atoms with Gasteiger partial charge in [-0.15, -0.1) is 0 Å². The number of benzene rings is 2. The van der Waals surface area contributed by atoms with Crippen LogP contribution in [0.3, 0.4) is 0 Å². The van der Waals surface area contributed by atoms with Crippen LogP contribution in [0.15, 0.2) is 57.9 Å². The Hall–Kier alpha value is -4.21. The summed E-state index contributed by atoms with van der Waals surface area (Å²) in [7, 11) is 0. The summed E-state index contributed by atoms with van der Waals surface area (Å²) in [5.74, 6) is -0.156. The smallest absolute Gasteiger partial charge is 0.271 e. The number of aliphatic hydroxyl groups is 1. The van der Waals surface area contributed by atoms with Crippen LogP contribution < -0.4 is 15.9 Å². The summed E-state index contributed by atoms with van der Waals surface area (Å²) in [4.78, 5) is 29.5. The van der Waals surface area contributed by atoms with Gasteiger partial charge in [0.15, 0.2) is 16.9 Å². The number of aromatic nitrogens is 3. The lowest BCUT2D eigenvalue weighted by Gasteiger charge is -2.19. The number of amides is 1. The van der Waals surface area contributed by atoms with E-state index in [1.165, 1.54) is 12.1 Å². The largest absolute Gasteiger partial charge is 0.483 e. The number of hydrogen-bond donors (Lipinski definition) is 2. The number of aryl methyl sites for hydroxylation is 1. The minimum Gasteiger partial charge on any atom is -0.483 e. The van der Waals surface area contributed by atoms with E-state index < -0.39 is 17.6 Å². The molecule has 1 fully saturated rings. The Morgan fingerprint density at radius 2 is 2.00 bits per heavy atom. The van der Waals surface area contributed by atoms with Crippen LogP contribution in [0.1, 0.15) is 53.0 Å². The number of pyridine rings is 1. The molecule has 0 spiro atoms. The summed E-state index contributed by atoms with van der Waals surface area (Å²) < 4.78 is 14.3. The highest BCUT2D eigenvalue weighted by Crippen LogP contribution is 2.37. The standard InChI is InChI=1S/C30H27ClN4O5/c1-15-10-20(17(3)39-23-6-7-24(31)33-25(23)29(32)37)28-21(11-15)26(36)16(2)27(40-28)18-4-5-22-19(12-18)13-35(34-22)14-30(38)8-9-30/h4-7,10-13,17,38H,8-9,14H2,1-3H3,(H2,32,37)/t17-/m1/s1. The van der Waals surface area contributed by atoms with Crippen molar-refractivity contribution in [2.24, 2.45) is 5.73 Å². The summed E-state index contributed by atoms with van der Waals surface area (Å²) in [5.41, 5.74) is 8.46. The van der Waals surface area contributed by atoms with Crippen molar-refractivity contribution >= 4 is 39.4 Å². The minimum absolute atomic E-state index is 0.0862. The molecular formula is C30H27ClN4O5. The molecule has 1 saturated carbocycles. The number of rotatable bonds is 7. The first-order valence-corrected chi connectivity index (χ1v) is 13.3. The third-order valence-corrected chi connectivity index (χ3v) is 7.50. The second-order valence-electron chi connectivity index (χ2n) is 10.5. The number of carbonyl (C=O) groups excluding carboxylic acids is 1. The van der Waals surface area contributed by atoms with E-state index in [0.29, 0.717) is 34.4 Å². The fraction of sp³-hybridized carbons (Fsp3) is 0.267. The van der Waals surface area contributed by atoms with Crippen molar-refractivity contribution in [3.05, 3.63) is 86.4 Å². The highest BCUT2D eigenvalue weighted by molar-refractivity contribution is 6.29. The maximum absolute atomic E-state index is 13.6. The van der Waals surface area contributed by atoms with E-state index in [0.717, 1.165) is 34.9 Å². The highest BCUT2D eigenvalue weighted by Gasteiger charge is 2.40. The predicted molar refractivity (Wildman–Crippen MR) is 152 cm³/mol. The van der Waals surface area contributed by atoms with Gasteiger partial charge < -0.3 is 20.0 Å². The van der Waals surface area contributed by atoms with E-state index in [9.17, 15) is 14.7 Å². The average molecular weight is 559 g/mol. The van der Waals surface area contributed by atoms with Gasteiger partial charge in [-0.05, 0) is 81.6 Å². The Kier molecular flexibility index (Phi) is 6.16. The van der Waals surface area contributed by atoms with Gasteiger partial charge in [0, 0.05) is 28.3 Å². The maximum Gasteiger partial charge on any atom is 0.271 e. The van der Waals surface area contributed by atoms with Crippen molar-refractivity contribution in [3.8, 4) is 17.1 Å². The van der Waals surface area contributed by atoms with E-state index in [2.05, 4.69) is 10.1 Å². The van der Waals surface area contributed by atoms with Crippen molar-refractivity contribution in [1.82, 2.24) is 14.8 Å². The summed E-state index contributed by atoms with van der Waals surface area (Å²) in [6.45, 7) is 5.88. The van der Waals surface area contributed by atoms with E-state index >= 15 is 0 Å². The first-order valence-electron chi connectivity index (χ1n) is 12.9. The highest BCUT2D eigenvalue weighted by atomic mass is 35.5. The van der Waals surface area contributed by atoms with Crippen molar-refractivity contribution < 1.29 is 19.1 Å². The first-order chi connectivity index (χ1) is 19.0. The molecule has 0 radical (unpaired) electrons. The zero-order valence-electron chi connectivity index (χ0n) is 22.2. The van der Waals surface area contributed by atoms with Crippen LogP contribution in [-0.4, -0.2) is 31.4 Å². The lowest BCUT2D eigenvalue weighted by molar-refractivity contribution is 0.0988. The molecule has 0 aliphatic heterocycles. The van der Waals surface area contributed by atoms with Crippen LogP contribution >= 0.6 is 11.6 Å². The minimum atomic E-state index is -0.770. The van der Waals surface area contributed by atoms with Gasteiger partial charge in [0.1, 0.15) is 22.6 Å². The van der Waals surface area contributed by atoms with Gasteiger partial charge >= 0.3 is 0 Å². The third-order valence-electron chi connectivity index (χ3n) is 7.29. The third kappa shape index (κ3) is 4.71. The molecule has 10 heteroatoms. The number of carbonyl (C=O) groups is 1. The van der Waals surface area contributed by atoms with Crippen LogP contribution in [0.5, 0.6) is 5.75 Å². The summed E-state index contributed by atoms with van der Waals surface area (Å²) >= 11 is 5.95. The Balaban J connectivity index is 1.44. The normalized spacial score (nSPS) is 14.9. The molecule has 3 N–H and O–H groups in total. The number of nitrogens with two attached hydrogens (primary N) is 1. The Morgan fingerprint density at radius 3 is 2.73 bits per heavy atom. The summed E-state index contributed by atoms with van der Waals surface area (Å²) in [5, 5.41) is 16.3. The number of nitrogens with zero attached hydrogens (tertiary/aromatic N) is 3. The first kappa shape index (κ1) is 26.0. The van der Waals surface area contributed by atoms with Crippen molar-refractivity contribution in [1.29, 1.82) is 0 Å². The van der Waals surface area contributed by atoms with Gasteiger partial charge in [-0.1, -0.05) is 11.6 Å². The van der Waals surface area contributed by atoms with Gasteiger partial charge in [0.25, 0.3) is 5.91 Å². The second kappa shape index (κ2) is 9.46. The summed E-state index contributed by atoms with van der Waals surface area (Å²) in [6.07, 6.45) is 2.82. The Morgan fingerprint density at radius 1 is 1.23 bits per heavy atom. The quantitative estimate of drug-likeness (QED) is 0.261. The van der Waals surface area contributed by atoms with Gasteiger partial charge in [0.05, 0.1) is 23.0 Å². The molecule has 3 heterocycles. The maximum atomic E-state index is 13.6. The Bertz CT molecular complexity index is 1890. The molecular weight excluding hydrogens is 532 g/mol. The number of halogens is 1. The van der Waals surface area contributed by atoms with Crippen molar-refractivity contribution in [3.63, 3.8) is 0 Å². The topological polar surface area (TPSA) is 133 Å². The Labute approximate surface area is 234 Å². The van der Waals surface area contributed by atoms with Gasteiger partial charge in [0.2, 0.25) is 0 Å². The number of hydrogen-bond acceptors (Lipinski definition) is 7. The molecule has 0 saturated heterocycles. The molecule has 1 atom stereocenters. The SMILES string of the molecule is Cc1cc([C@@H](C)Oc2ccc(Cl)nc2C(N)=O)c2oc(-c3ccc4nn(CC5(O)CC5)cc4c3)c(C)c(=O)c2c1. The van der Waals surface area contributed by atoms with Crippen LogP contribution in [0.25, 0.3) is 33.2 Å². The number of primary amides is 1. The van der Waals surface area contributed by atoms with Gasteiger partial charge in [-0.25, -0.2) is 4.98 Å². The summed E-state index contributed by atoms with van der Waals surface area (Å²) in [6, 6.07) is 12.4. The lowest BCUT2D eigenvalue weighted by Crippen LogP contribution is -2.17. The molecule has 3 aromatic heterocycles. The van der Waals surface area contributed by atoms with Crippen LogP contribution in [0.2, 0.25) is 5.15 Å². The molecule has 40 heavy (non-hydrogen) atoms. The van der Waals surface area contributed by atoms with Gasteiger partial charge in [-0.3, -0.25) is 14.3 Å². The fourth-order valence-electron chi connectivity index (χ4n) is 5.00. The van der Waals surface area contributed by atoms with Crippen LogP contribution in [0.4, 0.5) is 0 Å². The monoisotopic (exact) mass is 558 g/mol. The molecule has 0 unspecified atom stereocenters. The molecule has 1 aliphatic rings. The molecule has 9 nitrogen and oxygen atoms in total. The predicted octanol–water partition coefficient (Wildman–Crippen LogP) is 5.24. The molecule has 1 amide bonds. The number of fused-ring (bicyclic) bond motifs is 2. The van der Waals surface area contributed by atoms with E-state index in [4.69, 9.17) is 26.5 Å². The van der Waals surface area contributed by atoms with Crippen LogP contribution in [-0.2, 0) is 6.54 Å². The molecule has 1 aliphatic carbocycles. The van der Waals surface area contributed by atoms with E-state index in [1.54, 1.807) is 24.6 Å². The molecule has 2 aromatic carbocycles. The van der Waals surface area contributed by atoms with Crippen molar-refractivity contribution in [2.75, 3.05) is 0 Å². The fourth-order valence-corrected chi connectivity index (χ4v) is 5.14. The molecule has 6 rings (SSSR count). The number of ether oxygens (including phenoxy) is 1. The van der Waals surface area contributed by atoms with Crippen LogP contribution in [0, 0.1) is 13.8 Å².